The molecular formula is C16H32O3. The van der Waals surface area contributed by atoms with Gasteiger partial charge in [0.15, 0.2) is 0 Å². The van der Waals surface area contributed by atoms with Gasteiger partial charge in [-0.25, -0.2) is 0 Å². The van der Waals surface area contributed by atoms with Crippen molar-refractivity contribution in [2.75, 3.05) is 21.3 Å². The van der Waals surface area contributed by atoms with Gasteiger partial charge >= 0.3 is 0 Å². The Morgan fingerprint density at radius 2 is 1.47 bits per heavy atom. The zero-order valence-electron chi connectivity index (χ0n) is 13.2. The van der Waals surface area contributed by atoms with Crippen LogP contribution in [-0.4, -0.2) is 27.3 Å². The summed E-state index contributed by atoms with van der Waals surface area (Å²) in [5.41, 5.74) is 0. The van der Waals surface area contributed by atoms with Crippen LogP contribution >= 0.6 is 0 Å². The van der Waals surface area contributed by atoms with Crippen molar-refractivity contribution in [3.05, 3.63) is 12.7 Å². The first-order valence-corrected chi connectivity index (χ1v) is 7.47. The lowest BCUT2D eigenvalue weighted by atomic mass is 9.94. The van der Waals surface area contributed by atoms with Crippen LogP contribution < -0.4 is 0 Å². The van der Waals surface area contributed by atoms with E-state index >= 15 is 0 Å². The monoisotopic (exact) mass is 272 g/mol. The van der Waals surface area contributed by atoms with Crippen molar-refractivity contribution in [2.45, 2.75) is 64.3 Å². The molecule has 19 heavy (non-hydrogen) atoms. The normalized spacial score (nSPS) is 13.5. The molecule has 0 amide bonds. The Morgan fingerprint density at radius 1 is 0.947 bits per heavy atom. The fourth-order valence-electron chi connectivity index (χ4n) is 2.56. The maximum Gasteiger partial charge on any atom is 0.285 e. The summed E-state index contributed by atoms with van der Waals surface area (Å²) < 4.78 is 16.4. The van der Waals surface area contributed by atoms with Crippen molar-refractivity contribution in [1.82, 2.24) is 0 Å². The van der Waals surface area contributed by atoms with Gasteiger partial charge in [0, 0.05) is 27.2 Å². The SMILES string of the molecule is C=CCC(CCCCCCCC)C(OC)(OC)OC. The van der Waals surface area contributed by atoms with E-state index in [9.17, 15) is 0 Å². The molecule has 0 fully saturated rings. The number of ether oxygens (including phenoxy) is 3. The molecule has 3 heteroatoms. The second kappa shape index (κ2) is 11.4. The van der Waals surface area contributed by atoms with E-state index in [1.165, 1.54) is 38.5 Å². The van der Waals surface area contributed by atoms with Crippen LogP contribution in [-0.2, 0) is 14.2 Å². The molecule has 0 saturated heterocycles. The molecule has 0 rings (SSSR count). The highest BCUT2D eigenvalue weighted by molar-refractivity contribution is 4.79. The topological polar surface area (TPSA) is 27.7 Å². The molecule has 0 radical (unpaired) electrons. The lowest BCUT2D eigenvalue weighted by Crippen LogP contribution is -2.43. The summed E-state index contributed by atoms with van der Waals surface area (Å²) >= 11 is 0. The van der Waals surface area contributed by atoms with E-state index in [1.807, 2.05) is 6.08 Å². The molecule has 0 heterocycles. The lowest BCUT2D eigenvalue weighted by Gasteiger charge is -2.36. The maximum atomic E-state index is 5.45. The quantitative estimate of drug-likeness (QED) is 0.280. The van der Waals surface area contributed by atoms with Gasteiger partial charge in [-0.1, -0.05) is 51.5 Å². The van der Waals surface area contributed by atoms with Crippen LogP contribution in [0.4, 0.5) is 0 Å². The summed E-state index contributed by atoms with van der Waals surface area (Å²) in [6.07, 6.45) is 11.5. The van der Waals surface area contributed by atoms with E-state index in [2.05, 4.69) is 13.5 Å². The van der Waals surface area contributed by atoms with Crippen LogP contribution in [0.1, 0.15) is 58.3 Å². The Bertz CT molecular complexity index is 204. The number of hydrogen-bond acceptors (Lipinski definition) is 3. The van der Waals surface area contributed by atoms with Gasteiger partial charge in [-0.3, -0.25) is 0 Å². The molecule has 3 nitrogen and oxygen atoms in total. The number of methoxy groups -OCH3 is 3. The molecule has 1 atom stereocenters. The molecule has 0 aromatic carbocycles. The standard InChI is InChI=1S/C16H32O3/c1-6-8-9-10-11-12-14-15(13-7-2)16(17-3,18-4)19-5/h7,15H,2,6,8-14H2,1,3-5H3. The minimum atomic E-state index is -0.933. The summed E-state index contributed by atoms with van der Waals surface area (Å²) in [5.74, 6) is -0.742. The van der Waals surface area contributed by atoms with E-state index in [-0.39, 0.29) is 5.92 Å². The highest BCUT2D eigenvalue weighted by Crippen LogP contribution is 2.31. The zero-order chi connectivity index (χ0) is 14.6. The van der Waals surface area contributed by atoms with Gasteiger partial charge in [0.1, 0.15) is 0 Å². The Hall–Kier alpha value is -0.380. The van der Waals surface area contributed by atoms with Crippen LogP contribution in [0, 0.1) is 5.92 Å². The summed E-state index contributed by atoms with van der Waals surface area (Å²) in [6, 6.07) is 0. The van der Waals surface area contributed by atoms with Crippen LogP contribution in [0.5, 0.6) is 0 Å². The lowest BCUT2D eigenvalue weighted by molar-refractivity contribution is -0.379. The van der Waals surface area contributed by atoms with E-state index in [1.54, 1.807) is 21.3 Å². The molecule has 0 aliphatic carbocycles. The molecule has 0 aromatic heterocycles. The average molecular weight is 272 g/mol. The summed E-state index contributed by atoms with van der Waals surface area (Å²) in [7, 11) is 4.89. The van der Waals surface area contributed by atoms with E-state index in [0.717, 1.165) is 12.8 Å². The second-order valence-corrected chi connectivity index (χ2v) is 4.99. The summed E-state index contributed by atoms with van der Waals surface area (Å²) in [6.45, 7) is 6.06. The van der Waals surface area contributed by atoms with Crippen molar-refractivity contribution >= 4 is 0 Å². The van der Waals surface area contributed by atoms with Gasteiger partial charge in [-0.15, -0.1) is 6.58 Å². The van der Waals surface area contributed by atoms with Crippen LogP contribution in [0.3, 0.4) is 0 Å². The molecule has 0 bridgehead atoms. The molecule has 0 saturated carbocycles. The Balaban J connectivity index is 4.20. The van der Waals surface area contributed by atoms with Gasteiger partial charge in [-0.2, -0.15) is 0 Å². The van der Waals surface area contributed by atoms with E-state index < -0.39 is 5.97 Å². The highest BCUT2D eigenvalue weighted by Gasteiger charge is 2.38. The molecule has 114 valence electrons. The Labute approximate surface area is 119 Å². The van der Waals surface area contributed by atoms with Gasteiger partial charge in [-0.05, 0) is 12.8 Å². The second-order valence-electron chi connectivity index (χ2n) is 4.99. The zero-order valence-corrected chi connectivity index (χ0v) is 13.2. The molecular weight excluding hydrogens is 240 g/mol. The number of allylic oxidation sites excluding steroid dienone is 1. The fourth-order valence-corrected chi connectivity index (χ4v) is 2.56. The van der Waals surface area contributed by atoms with E-state index in [0.29, 0.717) is 0 Å². The minimum Gasteiger partial charge on any atom is -0.331 e. The number of unbranched alkanes of at least 4 members (excludes halogenated alkanes) is 5. The molecule has 0 aliphatic heterocycles. The molecule has 0 aromatic rings. The van der Waals surface area contributed by atoms with Crippen molar-refractivity contribution in [3.63, 3.8) is 0 Å². The first-order valence-electron chi connectivity index (χ1n) is 7.47. The first kappa shape index (κ1) is 18.6. The van der Waals surface area contributed by atoms with Crippen molar-refractivity contribution in [2.24, 2.45) is 5.92 Å². The highest BCUT2D eigenvalue weighted by atomic mass is 16.9. The first-order chi connectivity index (χ1) is 9.20. The Kier molecular flexibility index (Phi) is 11.2. The third kappa shape index (κ3) is 6.55. The van der Waals surface area contributed by atoms with Crippen molar-refractivity contribution in [3.8, 4) is 0 Å². The van der Waals surface area contributed by atoms with Gasteiger partial charge in [0.05, 0.1) is 0 Å². The number of rotatable bonds is 13. The largest absolute Gasteiger partial charge is 0.331 e. The molecule has 0 aliphatic rings. The summed E-state index contributed by atoms with van der Waals surface area (Å²) in [5, 5.41) is 0. The Morgan fingerprint density at radius 3 is 1.95 bits per heavy atom. The van der Waals surface area contributed by atoms with Crippen LogP contribution in [0.15, 0.2) is 12.7 Å². The predicted molar refractivity (Wildman–Crippen MR) is 80.1 cm³/mol. The minimum absolute atomic E-state index is 0.191. The van der Waals surface area contributed by atoms with Crippen LogP contribution in [0.25, 0.3) is 0 Å². The third-order valence-electron chi connectivity index (χ3n) is 3.71. The van der Waals surface area contributed by atoms with Crippen molar-refractivity contribution in [1.29, 1.82) is 0 Å². The van der Waals surface area contributed by atoms with Crippen LogP contribution in [0.2, 0.25) is 0 Å². The molecule has 0 spiro atoms. The fraction of sp³-hybridized carbons (Fsp3) is 0.875. The molecule has 1 unspecified atom stereocenters. The van der Waals surface area contributed by atoms with Gasteiger partial charge in [0.25, 0.3) is 5.97 Å². The van der Waals surface area contributed by atoms with Gasteiger partial charge in [0.2, 0.25) is 0 Å². The smallest absolute Gasteiger partial charge is 0.285 e. The predicted octanol–water partition coefficient (Wildman–Crippen LogP) is 4.52. The molecule has 0 N–H and O–H groups in total. The van der Waals surface area contributed by atoms with Crippen molar-refractivity contribution < 1.29 is 14.2 Å². The summed E-state index contributed by atoms with van der Waals surface area (Å²) in [4.78, 5) is 0. The van der Waals surface area contributed by atoms with E-state index in [4.69, 9.17) is 14.2 Å². The third-order valence-corrected chi connectivity index (χ3v) is 3.71. The maximum absolute atomic E-state index is 5.45. The number of hydrogen-bond donors (Lipinski definition) is 0. The van der Waals surface area contributed by atoms with Gasteiger partial charge < -0.3 is 14.2 Å². The average Bonchev–Trinajstić information content (AvgIpc) is 2.45.